The molecule has 0 saturated carbocycles. The van der Waals surface area contributed by atoms with Crippen LogP contribution in [-0.4, -0.2) is 0 Å². The average molecular weight is 237 g/mol. The van der Waals surface area contributed by atoms with E-state index >= 15 is 0 Å². The van der Waals surface area contributed by atoms with E-state index in [-0.39, 0.29) is 5.41 Å². The summed E-state index contributed by atoms with van der Waals surface area (Å²) in [5.41, 5.74) is 3.96. The summed E-state index contributed by atoms with van der Waals surface area (Å²) >= 11 is 6.24. The van der Waals surface area contributed by atoms with Crippen LogP contribution in [0.25, 0.3) is 5.03 Å². The second-order valence-corrected chi connectivity index (χ2v) is 5.65. The summed E-state index contributed by atoms with van der Waals surface area (Å²) in [5.74, 6) is 0. The lowest BCUT2D eigenvalue weighted by Gasteiger charge is -2.20. The van der Waals surface area contributed by atoms with Crippen molar-refractivity contribution in [3.8, 4) is 0 Å². The highest BCUT2D eigenvalue weighted by molar-refractivity contribution is 6.48. The van der Waals surface area contributed by atoms with E-state index in [1.54, 1.807) is 0 Å². The Labute approximate surface area is 104 Å². The van der Waals surface area contributed by atoms with Gasteiger partial charge in [0.2, 0.25) is 0 Å². The SMILES string of the molecule is CC/C=C(\Cl)c1ccc(C(C)(C)C)cc1C. The van der Waals surface area contributed by atoms with Gasteiger partial charge in [0, 0.05) is 5.03 Å². The number of hydrogen-bond donors (Lipinski definition) is 0. The van der Waals surface area contributed by atoms with Gasteiger partial charge in [0.25, 0.3) is 0 Å². The molecule has 1 rings (SSSR count). The molecular formula is C15H21Cl. The van der Waals surface area contributed by atoms with Crippen molar-refractivity contribution >= 4 is 16.6 Å². The van der Waals surface area contributed by atoms with Crippen LogP contribution in [0, 0.1) is 6.92 Å². The topological polar surface area (TPSA) is 0 Å². The van der Waals surface area contributed by atoms with Crippen LogP contribution >= 0.6 is 11.6 Å². The minimum atomic E-state index is 0.199. The number of halogens is 1. The van der Waals surface area contributed by atoms with Crippen molar-refractivity contribution in [2.45, 2.75) is 46.5 Å². The van der Waals surface area contributed by atoms with Gasteiger partial charge in [-0.1, -0.05) is 63.6 Å². The molecule has 0 unspecified atom stereocenters. The molecular weight excluding hydrogens is 216 g/mol. The second-order valence-electron chi connectivity index (χ2n) is 5.24. The fourth-order valence-electron chi connectivity index (χ4n) is 1.69. The van der Waals surface area contributed by atoms with Crippen LogP contribution in [0.1, 0.15) is 50.8 Å². The molecule has 0 N–H and O–H groups in total. The Morgan fingerprint density at radius 2 is 1.94 bits per heavy atom. The summed E-state index contributed by atoms with van der Waals surface area (Å²) in [6.45, 7) is 10.9. The van der Waals surface area contributed by atoms with Crippen molar-refractivity contribution in [2.75, 3.05) is 0 Å². The molecule has 1 heteroatoms. The summed E-state index contributed by atoms with van der Waals surface area (Å²) in [6.07, 6.45) is 3.03. The molecule has 0 atom stereocenters. The molecule has 0 aliphatic carbocycles. The summed E-state index contributed by atoms with van der Waals surface area (Å²) in [6, 6.07) is 6.54. The van der Waals surface area contributed by atoms with Crippen molar-refractivity contribution in [2.24, 2.45) is 0 Å². The van der Waals surface area contributed by atoms with Crippen molar-refractivity contribution in [1.29, 1.82) is 0 Å². The van der Waals surface area contributed by atoms with Gasteiger partial charge in [-0.2, -0.15) is 0 Å². The predicted molar refractivity (Wildman–Crippen MR) is 74.0 cm³/mol. The summed E-state index contributed by atoms with van der Waals surface area (Å²) < 4.78 is 0. The molecule has 88 valence electrons. The first-order valence-corrected chi connectivity index (χ1v) is 6.21. The minimum Gasteiger partial charge on any atom is -0.0840 e. The number of aryl methyl sites for hydroxylation is 1. The van der Waals surface area contributed by atoms with Crippen molar-refractivity contribution < 1.29 is 0 Å². The summed E-state index contributed by atoms with van der Waals surface area (Å²) in [4.78, 5) is 0. The van der Waals surface area contributed by atoms with E-state index in [0.29, 0.717) is 0 Å². The lowest BCUT2D eigenvalue weighted by atomic mass is 9.85. The Balaban J connectivity index is 3.15. The third kappa shape index (κ3) is 3.12. The molecule has 0 amide bonds. The molecule has 0 saturated heterocycles. The van der Waals surface area contributed by atoms with Gasteiger partial charge >= 0.3 is 0 Å². The predicted octanol–water partition coefficient (Wildman–Crippen LogP) is 5.28. The average Bonchev–Trinajstić information content (AvgIpc) is 2.16. The number of hydrogen-bond acceptors (Lipinski definition) is 0. The van der Waals surface area contributed by atoms with E-state index in [4.69, 9.17) is 11.6 Å². The third-order valence-electron chi connectivity index (χ3n) is 2.73. The quantitative estimate of drug-likeness (QED) is 0.655. The van der Waals surface area contributed by atoms with Gasteiger partial charge in [-0.15, -0.1) is 0 Å². The second kappa shape index (κ2) is 5.05. The van der Waals surface area contributed by atoms with Gasteiger partial charge in [0.05, 0.1) is 0 Å². The molecule has 0 heterocycles. The molecule has 16 heavy (non-hydrogen) atoms. The molecule has 0 aliphatic rings. The van der Waals surface area contributed by atoms with Gasteiger partial charge < -0.3 is 0 Å². The highest BCUT2D eigenvalue weighted by atomic mass is 35.5. The highest BCUT2D eigenvalue weighted by Crippen LogP contribution is 2.28. The lowest BCUT2D eigenvalue weighted by molar-refractivity contribution is 0.589. The Hall–Kier alpha value is -0.750. The maximum Gasteiger partial charge on any atom is 0.0441 e. The molecule has 0 radical (unpaired) electrons. The summed E-state index contributed by atoms with van der Waals surface area (Å²) in [7, 11) is 0. The molecule has 0 nitrogen and oxygen atoms in total. The first kappa shape index (κ1) is 13.3. The van der Waals surface area contributed by atoms with Crippen LogP contribution < -0.4 is 0 Å². The van der Waals surface area contributed by atoms with Crippen molar-refractivity contribution in [1.82, 2.24) is 0 Å². The maximum atomic E-state index is 6.24. The van der Waals surface area contributed by atoms with Gasteiger partial charge in [-0.25, -0.2) is 0 Å². The molecule has 0 fully saturated rings. The fourth-order valence-corrected chi connectivity index (χ4v) is 2.05. The Morgan fingerprint density at radius 1 is 1.31 bits per heavy atom. The summed E-state index contributed by atoms with van der Waals surface area (Å²) in [5, 5.41) is 0.862. The van der Waals surface area contributed by atoms with Crippen LogP contribution in [0.2, 0.25) is 0 Å². The largest absolute Gasteiger partial charge is 0.0840 e. The van der Waals surface area contributed by atoms with Crippen molar-refractivity contribution in [3.63, 3.8) is 0 Å². The fraction of sp³-hybridized carbons (Fsp3) is 0.467. The van der Waals surface area contributed by atoms with Crippen LogP contribution in [0.15, 0.2) is 24.3 Å². The van der Waals surface area contributed by atoms with Crippen LogP contribution in [0.5, 0.6) is 0 Å². The maximum absolute atomic E-state index is 6.24. The number of rotatable bonds is 2. The minimum absolute atomic E-state index is 0.199. The first-order chi connectivity index (χ1) is 7.36. The van der Waals surface area contributed by atoms with Gasteiger partial charge in [-0.3, -0.25) is 0 Å². The zero-order valence-corrected chi connectivity index (χ0v) is 11.7. The monoisotopic (exact) mass is 236 g/mol. The normalized spacial score (nSPS) is 13.0. The zero-order valence-electron chi connectivity index (χ0n) is 10.9. The van der Waals surface area contributed by atoms with Crippen LogP contribution in [-0.2, 0) is 5.41 Å². The smallest absolute Gasteiger partial charge is 0.0441 e. The molecule has 1 aromatic carbocycles. The van der Waals surface area contributed by atoms with E-state index in [0.717, 1.165) is 17.0 Å². The standard InChI is InChI=1S/C15H21Cl/c1-6-7-14(16)13-9-8-12(10-11(13)2)15(3,4)5/h7-10H,6H2,1-5H3/b14-7-. The molecule has 0 aliphatic heterocycles. The molecule has 0 spiro atoms. The van der Waals surface area contributed by atoms with Gasteiger partial charge in [0.15, 0.2) is 0 Å². The Morgan fingerprint density at radius 3 is 2.38 bits per heavy atom. The van der Waals surface area contributed by atoms with E-state index in [9.17, 15) is 0 Å². The molecule has 0 aromatic heterocycles. The Kier molecular flexibility index (Phi) is 4.21. The lowest BCUT2D eigenvalue weighted by Crippen LogP contribution is -2.11. The highest BCUT2D eigenvalue weighted by Gasteiger charge is 2.14. The third-order valence-corrected chi connectivity index (χ3v) is 3.09. The number of allylic oxidation sites excluding steroid dienone is 1. The van der Waals surface area contributed by atoms with E-state index < -0.39 is 0 Å². The number of benzene rings is 1. The Bertz CT molecular complexity index is 394. The van der Waals surface area contributed by atoms with E-state index in [1.807, 2.05) is 0 Å². The molecule has 1 aromatic rings. The van der Waals surface area contributed by atoms with Crippen LogP contribution in [0.3, 0.4) is 0 Å². The van der Waals surface area contributed by atoms with E-state index in [1.165, 1.54) is 11.1 Å². The zero-order chi connectivity index (χ0) is 12.3. The van der Waals surface area contributed by atoms with Gasteiger partial charge in [0.1, 0.15) is 0 Å². The van der Waals surface area contributed by atoms with Crippen LogP contribution in [0.4, 0.5) is 0 Å². The molecule has 0 bridgehead atoms. The first-order valence-electron chi connectivity index (χ1n) is 5.83. The van der Waals surface area contributed by atoms with Crippen molar-refractivity contribution in [3.05, 3.63) is 41.0 Å². The van der Waals surface area contributed by atoms with E-state index in [2.05, 4.69) is 58.9 Å². The van der Waals surface area contributed by atoms with Gasteiger partial charge in [-0.05, 0) is 35.4 Å².